The first-order valence-electron chi connectivity index (χ1n) is 11.4. The predicted octanol–water partition coefficient (Wildman–Crippen LogP) is 3.24. The molecule has 186 valence electrons. The van der Waals surface area contributed by atoms with Gasteiger partial charge in [0.25, 0.3) is 5.91 Å². The van der Waals surface area contributed by atoms with Crippen molar-refractivity contribution in [2.75, 3.05) is 30.8 Å². The van der Waals surface area contributed by atoms with E-state index in [0.29, 0.717) is 16.9 Å². The van der Waals surface area contributed by atoms with Crippen molar-refractivity contribution in [1.82, 2.24) is 14.8 Å². The van der Waals surface area contributed by atoms with Crippen LogP contribution in [0.15, 0.2) is 54.6 Å². The Hall–Kier alpha value is -4.60. The van der Waals surface area contributed by atoms with E-state index in [1.165, 1.54) is 0 Å². The van der Waals surface area contributed by atoms with Crippen LogP contribution in [0.5, 0.6) is 5.75 Å². The maximum Gasteiger partial charge on any atom is 0.324 e. The minimum absolute atomic E-state index is 0.0127. The number of urea groups is 1. The van der Waals surface area contributed by atoms with E-state index in [-0.39, 0.29) is 37.2 Å². The molecule has 1 fully saturated rings. The third-order valence-electron chi connectivity index (χ3n) is 5.91. The quantitative estimate of drug-likeness (QED) is 0.420. The second-order valence-corrected chi connectivity index (χ2v) is 8.36. The summed E-state index contributed by atoms with van der Waals surface area (Å²) in [5.74, 6) is -0.197. The van der Waals surface area contributed by atoms with Gasteiger partial charge in [-0.1, -0.05) is 6.07 Å². The number of anilines is 2. The number of benzene rings is 2. The second-order valence-electron chi connectivity index (χ2n) is 8.36. The van der Waals surface area contributed by atoms with Gasteiger partial charge in [-0.05, 0) is 56.3 Å². The first kappa shape index (κ1) is 24.5. The van der Waals surface area contributed by atoms with Crippen LogP contribution in [0.25, 0.3) is 5.69 Å². The standard InChI is InChI=1S/C26H27N5O5/c1-16-13-22(17(2)31(16)20-5-4-6-21(14-20)36-3)25(34)29-19-9-7-18(8-10-19)28-23(32)11-12-30-24(33)15-27-26(30)35/h4-10,13-14H,11-12,15H2,1-3H3,(H,27,35)(H,28,32)(H,29,34). The molecule has 2 aromatic carbocycles. The molecule has 4 rings (SSSR count). The number of aromatic nitrogens is 1. The van der Waals surface area contributed by atoms with Crippen LogP contribution in [0.3, 0.4) is 0 Å². The van der Waals surface area contributed by atoms with E-state index >= 15 is 0 Å². The number of hydrogen-bond donors (Lipinski definition) is 3. The molecular weight excluding hydrogens is 462 g/mol. The van der Waals surface area contributed by atoms with Gasteiger partial charge in [0, 0.05) is 47.5 Å². The highest BCUT2D eigenvalue weighted by molar-refractivity contribution is 6.05. The van der Waals surface area contributed by atoms with E-state index in [9.17, 15) is 19.2 Å². The maximum atomic E-state index is 13.0. The van der Waals surface area contributed by atoms with Crippen LogP contribution in [-0.2, 0) is 9.59 Å². The van der Waals surface area contributed by atoms with E-state index in [2.05, 4.69) is 16.0 Å². The Bertz CT molecular complexity index is 1310. The number of nitrogens with zero attached hydrogens (tertiary/aromatic N) is 2. The van der Waals surface area contributed by atoms with Crippen molar-refractivity contribution >= 4 is 35.1 Å². The van der Waals surface area contributed by atoms with Crippen molar-refractivity contribution in [2.24, 2.45) is 0 Å². The molecule has 5 amide bonds. The molecular formula is C26H27N5O5. The average molecular weight is 490 g/mol. The van der Waals surface area contributed by atoms with Crippen molar-refractivity contribution in [2.45, 2.75) is 20.3 Å². The first-order chi connectivity index (χ1) is 17.3. The first-order valence-corrected chi connectivity index (χ1v) is 11.4. The van der Waals surface area contributed by atoms with Crippen molar-refractivity contribution in [3.8, 4) is 11.4 Å². The van der Waals surface area contributed by atoms with E-state index < -0.39 is 6.03 Å². The molecule has 10 nitrogen and oxygen atoms in total. The van der Waals surface area contributed by atoms with Crippen LogP contribution in [-0.4, -0.2) is 53.4 Å². The summed E-state index contributed by atoms with van der Waals surface area (Å²) in [6, 6.07) is 15.7. The Morgan fingerprint density at radius 3 is 2.33 bits per heavy atom. The number of hydrogen-bond acceptors (Lipinski definition) is 5. The number of ether oxygens (including phenoxy) is 1. The van der Waals surface area contributed by atoms with E-state index in [1.807, 2.05) is 48.7 Å². The molecule has 10 heteroatoms. The Kier molecular flexibility index (Phi) is 7.05. The summed E-state index contributed by atoms with van der Waals surface area (Å²) in [5, 5.41) is 8.02. The van der Waals surface area contributed by atoms with Crippen LogP contribution in [0.2, 0.25) is 0 Å². The van der Waals surface area contributed by atoms with Crippen molar-refractivity contribution < 1.29 is 23.9 Å². The van der Waals surface area contributed by atoms with Crippen LogP contribution < -0.4 is 20.7 Å². The SMILES string of the molecule is COc1cccc(-n2c(C)cc(C(=O)Nc3ccc(NC(=O)CCN4C(=O)CNC4=O)cc3)c2C)c1. The number of carbonyl (C=O) groups excluding carboxylic acids is 4. The molecule has 1 aliphatic heterocycles. The van der Waals surface area contributed by atoms with Gasteiger partial charge in [0.15, 0.2) is 0 Å². The van der Waals surface area contributed by atoms with Crippen LogP contribution in [0, 0.1) is 13.8 Å². The molecule has 0 saturated carbocycles. The summed E-state index contributed by atoms with van der Waals surface area (Å²) < 4.78 is 7.31. The largest absolute Gasteiger partial charge is 0.497 e. The molecule has 0 radical (unpaired) electrons. The van der Waals surface area contributed by atoms with Gasteiger partial charge in [0.2, 0.25) is 11.8 Å². The van der Waals surface area contributed by atoms with E-state index in [0.717, 1.165) is 27.7 Å². The number of carbonyl (C=O) groups is 4. The minimum atomic E-state index is -0.489. The molecule has 0 aliphatic carbocycles. The second kappa shape index (κ2) is 10.3. The third kappa shape index (κ3) is 5.22. The highest BCUT2D eigenvalue weighted by Crippen LogP contribution is 2.25. The van der Waals surface area contributed by atoms with Gasteiger partial charge in [0.1, 0.15) is 5.75 Å². The van der Waals surface area contributed by atoms with E-state index in [1.54, 1.807) is 31.4 Å². The van der Waals surface area contributed by atoms with Gasteiger partial charge < -0.3 is 25.3 Å². The lowest BCUT2D eigenvalue weighted by atomic mass is 10.2. The van der Waals surface area contributed by atoms with Crippen LogP contribution in [0.1, 0.15) is 28.2 Å². The Labute approximate surface area is 208 Å². The number of imide groups is 1. The molecule has 0 spiro atoms. The molecule has 0 atom stereocenters. The third-order valence-corrected chi connectivity index (χ3v) is 5.91. The fourth-order valence-electron chi connectivity index (χ4n) is 4.09. The van der Waals surface area contributed by atoms with Gasteiger partial charge in [-0.15, -0.1) is 0 Å². The summed E-state index contributed by atoms with van der Waals surface area (Å²) >= 11 is 0. The monoisotopic (exact) mass is 489 g/mol. The minimum Gasteiger partial charge on any atom is -0.497 e. The summed E-state index contributed by atoms with van der Waals surface area (Å²) in [4.78, 5) is 49.4. The van der Waals surface area contributed by atoms with Gasteiger partial charge in [-0.2, -0.15) is 0 Å². The summed E-state index contributed by atoms with van der Waals surface area (Å²) in [5.41, 5.74) is 4.27. The van der Waals surface area contributed by atoms with Crippen LogP contribution >= 0.6 is 0 Å². The summed E-state index contributed by atoms with van der Waals surface area (Å²) in [7, 11) is 1.61. The maximum absolute atomic E-state index is 13.0. The highest BCUT2D eigenvalue weighted by Gasteiger charge is 2.28. The van der Waals surface area contributed by atoms with Crippen molar-refractivity contribution in [1.29, 1.82) is 0 Å². The lowest BCUT2D eigenvalue weighted by molar-refractivity contribution is -0.125. The van der Waals surface area contributed by atoms with Gasteiger partial charge >= 0.3 is 6.03 Å². The zero-order chi connectivity index (χ0) is 25.8. The molecule has 3 N–H and O–H groups in total. The van der Waals surface area contributed by atoms with Gasteiger partial charge in [0.05, 0.1) is 19.2 Å². The zero-order valence-corrected chi connectivity index (χ0v) is 20.3. The molecule has 1 aromatic heterocycles. The normalized spacial score (nSPS) is 12.9. The Morgan fingerprint density at radius 1 is 1.00 bits per heavy atom. The predicted molar refractivity (Wildman–Crippen MR) is 135 cm³/mol. The molecule has 2 heterocycles. The smallest absolute Gasteiger partial charge is 0.324 e. The number of nitrogens with one attached hydrogen (secondary N) is 3. The average Bonchev–Trinajstić information content (AvgIpc) is 3.35. The Morgan fingerprint density at radius 2 is 1.69 bits per heavy atom. The summed E-state index contributed by atoms with van der Waals surface area (Å²) in [6.07, 6.45) is -0.0133. The lowest BCUT2D eigenvalue weighted by Crippen LogP contribution is -2.33. The topological polar surface area (TPSA) is 122 Å². The van der Waals surface area contributed by atoms with Crippen LogP contribution in [0.4, 0.5) is 16.2 Å². The fourth-order valence-corrected chi connectivity index (χ4v) is 4.09. The highest BCUT2D eigenvalue weighted by atomic mass is 16.5. The van der Waals surface area contributed by atoms with Gasteiger partial charge in [-0.25, -0.2) is 4.79 Å². The van der Waals surface area contributed by atoms with Gasteiger partial charge in [-0.3, -0.25) is 19.3 Å². The molecule has 1 aliphatic rings. The number of aryl methyl sites for hydroxylation is 1. The fraction of sp³-hybridized carbons (Fsp3) is 0.231. The van der Waals surface area contributed by atoms with E-state index in [4.69, 9.17) is 4.74 Å². The number of rotatable bonds is 8. The summed E-state index contributed by atoms with van der Waals surface area (Å²) in [6.45, 7) is 3.80. The molecule has 36 heavy (non-hydrogen) atoms. The molecule has 1 saturated heterocycles. The number of amides is 5. The number of methoxy groups -OCH3 is 1. The molecule has 0 unspecified atom stereocenters. The zero-order valence-electron chi connectivity index (χ0n) is 20.3. The lowest BCUT2D eigenvalue weighted by Gasteiger charge is -2.12. The van der Waals surface area contributed by atoms with Crippen molar-refractivity contribution in [3.63, 3.8) is 0 Å². The Balaban J connectivity index is 1.37. The van der Waals surface area contributed by atoms with Crippen molar-refractivity contribution in [3.05, 3.63) is 71.5 Å². The molecule has 0 bridgehead atoms. The molecule has 3 aromatic rings.